The third-order valence-electron chi connectivity index (χ3n) is 4.64. The van der Waals surface area contributed by atoms with Gasteiger partial charge in [0.15, 0.2) is 12.4 Å². The Morgan fingerprint density at radius 1 is 0.731 bits per heavy atom. The summed E-state index contributed by atoms with van der Waals surface area (Å²) in [7, 11) is 4.19. The van der Waals surface area contributed by atoms with Crippen LogP contribution < -0.4 is 4.57 Å². The Morgan fingerprint density at radius 2 is 1.27 bits per heavy atom. The van der Waals surface area contributed by atoms with Crippen LogP contribution in [-0.2, 0) is 7.05 Å². The zero-order valence-electron chi connectivity index (χ0n) is 15.7. The number of rotatable bonds is 2. The van der Waals surface area contributed by atoms with Crippen LogP contribution in [0.15, 0.2) is 91.3 Å². The van der Waals surface area contributed by atoms with Crippen LogP contribution >= 0.6 is 0 Å². The molecule has 3 aromatic rings. The van der Waals surface area contributed by atoms with E-state index >= 15 is 0 Å². The molecular formula is C24H27N2+. The number of aromatic nitrogens is 1. The highest BCUT2D eigenvalue weighted by molar-refractivity contribution is 5.66. The third kappa shape index (κ3) is 5.14. The second kappa shape index (κ2) is 9.12. The number of likely N-dealkylation sites (N-methyl/N-ethyl adjacent to an activating group) is 1. The fourth-order valence-electron chi connectivity index (χ4n) is 3.01. The molecule has 0 saturated heterocycles. The van der Waals surface area contributed by atoms with Gasteiger partial charge < -0.3 is 4.90 Å². The summed E-state index contributed by atoms with van der Waals surface area (Å²) in [5.74, 6) is 0. The van der Waals surface area contributed by atoms with Crippen LogP contribution in [0.1, 0.15) is 12.0 Å². The highest BCUT2D eigenvalue weighted by Gasteiger charge is 2.08. The van der Waals surface area contributed by atoms with Gasteiger partial charge in [0.25, 0.3) is 0 Å². The first-order valence-corrected chi connectivity index (χ1v) is 9.16. The number of hydrogen-bond donors (Lipinski definition) is 0. The van der Waals surface area contributed by atoms with E-state index in [4.69, 9.17) is 0 Å². The van der Waals surface area contributed by atoms with Gasteiger partial charge in [0.1, 0.15) is 7.05 Å². The van der Waals surface area contributed by atoms with Crippen molar-refractivity contribution in [3.63, 3.8) is 0 Å². The summed E-state index contributed by atoms with van der Waals surface area (Å²) in [4.78, 5) is 2.34. The first kappa shape index (κ1) is 18.1. The monoisotopic (exact) mass is 343 g/mol. The first-order chi connectivity index (χ1) is 12.7. The van der Waals surface area contributed by atoms with E-state index in [-0.39, 0.29) is 0 Å². The molecule has 0 saturated carbocycles. The summed E-state index contributed by atoms with van der Waals surface area (Å²) in [5.41, 5.74) is 5.41. The maximum atomic E-state index is 2.34. The van der Waals surface area contributed by atoms with E-state index in [1.807, 2.05) is 17.7 Å². The summed E-state index contributed by atoms with van der Waals surface area (Å²) in [5, 5.41) is 0. The van der Waals surface area contributed by atoms with Gasteiger partial charge >= 0.3 is 0 Å². The molecule has 0 bridgehead atoms. The van der Waals surface area contributed by atoms with E-state index in [1.54, 1.807) is 0 Å². The molecule has 2 heteroatoms. The van der Waals surface area contributed by atoms with Gasteiger partial charge in [-0.1, -0.05) is 66.7 Å². The standard InChI is InChI=1S/C12H15N.C12H12N/c2*1-13-9-7-12(8-10-13)11-5-3-2-4-6-11/h2-7H,8-10H2,1H3;2-10H,1H3/q;+1. The Labute approximate surface area is 157 Å². The van der Waals surface area contributed by atoms with Gasteiger partial charge in [-0.3, -0.25) is 0 Å². The Morgan fingerprint density at radius 3 is 1.81 bits per heavy atom. The minimum atomic E-state index is 1.09. The molecule has 2 heterocycles. The largest absolute Gasteiger partial charge is 0.302 e. The Bertz CT molecular complexity index is 821. The second-order valence-electron chi connectivity index (χ2n) is 6.73. The van der Waals surface area contributed by atoms with Crippen molar-refractivity contribution in [2.24, 2.45) is 7.05 Å². The molecule has 0 spiro atoms. The number of nitrogens with zero attached hydrogens (tertiary/aromatic N) is 2. The summed E-state index contributed by atoms with van der Waals surface area (Å²) in [6.45, 7) is 2.27. The van der Waals surface area contributed by atoms with E-state index in [0.717, 1.165) is 6.54 Å². The molecule has 0 unspecified atom stereocenters. The van der Waals surface area contributed by atoms with Crippen LogP contribution in [0.5, 0.6) is 0 Å². The number of benzene rings is 2. The fraction of sp³-hybridized carbons (Fsp3) is 0.208. The van der Waals surface area contributed by atoms with Gasteiger partial charge in [-0.25, -0.2) is 4.57 Å². The minimum absolute atomic E-state index is 1.09. The van der Waals surface area contributed by atoms with E-state index in [2.05, 4.69) is 97.1 Å². The molecule has 1 aliphatic rings. The van der Waals surface area contributed by atoms with Crippen molar-refractivity contribution in [1.29, 1.82) is 0 Å². The van der Waals surface area contributed by atoms with Crippen molar-refractivity contribution in [3.05, 3.63) is 96.8 Å². The third-order valence-corrected chi connectivity index (χ3v) is 4.64. The molecular weight excluding hydrogens is 316 g/mol. The zero-order valence-corrected chi connectivity index (χ0v) is 15.7. The lowest BCUT2D eigenvalue weighted by atomic mass is 10.00. The maximum absolute atomic E-state index is 2.34. The van der Waals surface area contributed by atoms with Crippen LogP contribution in [0.4, 0.5) is 0 Å². The molecule has 132 valence electrons. The molecule has 2 aromatic carbocycles. The quantitative estimate of drug-likeness (QED) is 0.618. The molecule has 0 amide bonds. The van der Waals surface area contributed by atoms with Gasteiger partial charge in [-0.2, -0.15) is 0 Å². The molecule has 26 heavy (non-hydrogen) atoms. The molecule has 0 aliphatic carbocycles. The highest BCUT2D eigenvalue weighted by Crippen LogP contribution is 2.21. The van der Waals surface area contributed by atoms with Gasteiger partial charge in [0, 0.05) is 25.2 Å². The van der Waals surface area contributed by atoms with E-state index in [1.165, 1.54) is 35.2 Å². The number of aryl methyl sites for hydroxylation is 1. The predicted octanol–water partition coefficient (Wildman–Crippen LogP) is 4.58. The Balaban J connectivity index is 0.000000151. The normalized spacial score (nSPS) is 14.2. The average Bonchev–Trinajstić information content (AvgIpc) is 2.71. The first-order valence-electron chi connectivity index (χ1n) is 9.16. The molecule has 1 aromatic heterocycles. The van der Waals surface area contributed by atoms with Crippen molar-refractivity contribution in [3.8, 4) is 11.1 Å². The number of hydrogen-bond acceptors (Lipinski definition) is 1. The lowest BCUT2D eigenvalue weighted by molar-refractivity contribution is -0.671. The predicted molar refractivity (Wildman–Crippen MR) is 110 cm³/mol. The van der Waals surface area contributed by atoms with Crippen LogP contribution in [0.25, 0.3) is 16.7 Å². The van der Waals surface area contributed by atoms with Crippen molar-refractivity contribution in [2.75, 3.05) is 20.1 Å². The Hall–Kier alpha value is -2.71. The summed E-state index contributed by atoms with van der Waals surface area (Å²) in [6, 6.07) is 25.3. The molecule has 4 rings (SSSR count). The van der Waals surface area contributed by atoms with Crippen molar-refractivity contribution < 1.29 is 4.57 Å². The van der Waals surface area contributed by atoms with Gasteiger partial charge in [-0.05, 0) is 35.7 Å². The van der Waals surface area contributed by atoms with Crippen LogP contribution in [0.3, 0.4) is 0 Å². The average molecular weight is 343 g/mol. The van der Waals surface area contributed by atoms with Crippen LogP contribution in [0, 0.1) is 0 Å². The van der Waals surface area contributed by atoms with Crippen LogP contribution in [0.2, 0.25) is 0 Å². The molecule has 0 fully saturated rings. The van der Waals surface area contributed by atoms with Crippen molar-refractivity contribution in [2.45, 2.75) is 6.42 Å². The van der Waals surface area contributed by atoms with Gasteiger partial charge in [0.05, 0.1) is 0 Å². The lowest BCUT2D eigenvalue weighted by Crippen LogP contribution is -2.25. The lowest BCUT2D eigenvalue weighted by Gasteiger charge is -2.21. The van der Waals surface area contributed by atoms with Gasteiger partial charge in [-0.15, -0.1) is 0 Å². The van der Waals surface area contributed by atoms with Crippen molar-refractivity contribution in [1.82, 2.24) is 4.90 Å². The van der Waals surface area contributed by atoms with E-state index in [0.29, 0.717) is 0 Å². The SMILES string of the molecule is CN1CC=C(c2ccccc2)CC1.C[n+]1ccc(-c2ccccc2)cc1. The van der Waals surface area contributed by atoms with E-state index in [9.17, 15) is 0 Å². The topological polar surface area (TPSA) is 7.12 Å². The summed E-state index contributed by atoms with van der Waals surface area (Å²) >= 11 is 0. The molecule has 1 aliphatic heterocycles. The highest BCUT2D eigenvalue weighted by atomic mass is 15.1. The Kier molecular flexibility index (Phi) is 6.34. The smallest absolute Gasteiger partial charge is 0.169 e. The number of pyridine rings is 1. The summed E-state index contributed by atoms with van der Waals surface area (Å²) in [6.07, 6.45) is 7.63. The fourth-order valence-corrected chi connectivity index (χ4v) is 3.01. The van der Waals surface area contributed by atoms with Crippen LogP contribution in [-0.4, -0.2) is 25.0 Å². The maximum Gasteiger partial charge on any atom is 0.169 e. The van der Waals surface area contributed by atoms with E-state index < -0.39 is 0 Å². The summed E-state index contributed by atoms with van der Waals surface area (Å²) < 4.78 is 2.03. The molecule has 2 nitrogen and oxygen atoms in total. The van der Waals surface area contributed by atoms with Crippen molar-refractivity contribution >= 4 is 5.57 Å². The molecule has 0 atom stereocenters. The minimum Gasteiger partial charge on any atom is -0.302 e. The molecule has 0 N–H and O–H groups in total. The van der Waals surface area contributed by atoms with Gasteiger partial charge in [0.2, 0.25) is 0 Å². The molecule has 0 radical (unpaired) electrons. The second-order valence-corrected chi connectivity index (χ2v) is 6.73. The zero-order chi connectivity index (χ0) is 18.2.